The normalized spacial score (nSPS) is 11.4. The summed E-state index contributed by atoms with van der Waals surface area (Å²) in [6.07, 6.45) is 1.59. The number of hydrogen-bond donors (Lipinski definition) is 2. The van der Waals surface area contributed by atoms with Crippen LogP contribution in [0, 0.1) is 5.92 Å². The van der Waals surface area contributed by atoms with Gasteiger partial charge in [-0.3, -0.25) is 9.59 Å². The third kappa shape index (κ3) is 5.51. The number of aromatic nitrogens is 1. The molecule has 1 aromatic rings. The Morgan fingerprint density at radius 3 is 2.82 bits per heavy atom. The van der Waals surface area contributed by atoms with E-state index in [0.717, 1.165) is 0 Å². The molecular formula is C11H18ClN3O2. The van der Waals surface area contributed by atoms with E-state index in [1.54, 1.807) is 18.3 Å². The Labute approximate surface area is 106 Å². The largest absolute Gasteiger partial charge is 0.354 e. The molecule has 0 spiro atoms. The minimum absolute atomic E-state index is 0. The molecule has 0 radical (unpaired) electrons. The fourth-order valence-corrected chi connectivity index (χ4v) is 1.17. The molecule has 1 atom stereocenters. The summed E-state index contributed by atoms with van der Waals surface area (Å²) in [6.45, 7) is 3.08. The van der Waals surface area contributed by atoms with Gasteiger partial charge in [0.05, 0.1) is 0 Å². The number of nitrogens with one attached hydrogen (secondary N) is 1. The van der Waals surface area contributed by atoms with Gasteiger partial charge in [0.1, 0.15) is 6.54 Å². The second-order valence-corrected chi connectivity index (χ2v) is 3.81. The van der Waals surface area contributed by atoms with Crippen molar-refractivity contribution in [1.29, 1.82) is 0 Å². The predicted molar refractivity (Wildman–Crippen MR) is 69.2 cm³/mol. The van der Waals surface area contributed by atoms with Crippen LogP contribution in [0.4, 0.5) is 0 Å². The van der Waals surface area contributed by atoms with E-state index in [9.17, 15) is 9.59 Å². The van der Waals surface area contributed by atoms with Crippen molar-refractivity contribution in [3.05, 3.63) is 34.7 Å². The van der Waals surface area contributed by atoms with Crippen LogP contribution in [0.5, 0.6) is 0 Å². The van der Waals surface area contributed by atoms with Gasteiger partial charge in [-0.15, -0.1) is 12.4 Å². The molecule has 0 fully saturated rings. The maximum atomic E-state index is 11.5. The van der Waals surface area contributed by atoms with Crippen molar-refractivity contribution in [2.24, 2.45) is 11.7 Å². The number of nitrogens with zero attached hydrogens (tertiary/aromatic N) is 1. The first kappa shape index (κ1) is 15.7. The number of hydrogen-bond acceptors (Lipinski definition) is 3. The molecule has 0 saturated carbocycles. The molecular weight excluding hydrogens is 242 g/mol. The van der Waals surface area contributed by atoms with Crippen molar-refractivity contribution in [3.63, 3.8) is 0 Å². The Bertz CT molecular complexity index is 406. The first-order chi connectivity index (χ1) is 7.63. The molecule has 1 aromatic heterocycles. The van der Waals surface area contributed by atoms with Gasteiger partial charge in [0, 0.05) is 18.8 Å². The lowest BCUT2D eigenvalue weighted by atomic mass is 10.2. The van der Waals surface area contributed by atoms with Crippen molar-refractivity contribution < 1.29 is 4.79 Å². The Morgan fingerprint density at radius 1 is 1.53 bits per heavy atom. The van der Waals surface area contributed by atoms with Crippen LogP contribution in [0.15, 0.2) is 29.2 Å². The molecule has 0 saturated heterocycles. The number of rotatable bonds is 5. The molecule has 96 valence electrons. The van der Waals surface area contributed by atoms with Crippen molar-refractivity contribution >= 4 is 18.3 Å². The molecule has 5 nitrogen and oxygen atoms in total. The van der Waals surface area contributed by atoms with E-state index >= 15 is 0 Å². The molecule has 0 bridgehead atoms. The number of nitrogens with two attached hydrogens (primary N) is 1. The molecule has 1 rings (SSSR count). The number of pyridine rings is 1. The van der Waals surface area contributed by atoms with Crippen LogP contribution in [0.25, 0.3) is 0 Å². The van der Waals surface area contributed by atoms with Gasteiger partial charge in [0.25, 0.3) is 5.56 Å². The number of amides is 1. The zero-order valence-corrected chi connectivity index (χ0v) is 10.6. The average Bonchev–Trinajstić information content (AvgIpc) is 2.29. The summed E-state index contributed by atoms with van der Waals surface area (Å²) in [5.74, 6) is 0.0741. The van der Waals surface area contributed by atoms with Gasteiger partial charge in [-0.05, 0) is 18.5 Å². The quantitative estimate of drug-likeness (QED) is 0.780. The minimum Gasteiger partial charge on any atom is -0.354 e. The lowest BCUT2D eigenvalue weighted by Crippen LogP contribution is -2.35. The minimum atomic E-state index is -0.176. The first-order valence-corrected chi connectivity index (χ1v) is 5.25. The van der Waals surface area contributed by atoms with E-state index < -0.39 is 0 Å². The summed E-state index contributed by atoms with van der Waals surface area (Å²) in [7, 11) is 0. The second kappa shape index (κ2) is 7.86. The summed E-state index contributed by atoms with van der Waals surface area (Å²) < 4.78 is 1.36. The highest BCUT2D eigenvalue weighted by Gasteiger charge is 2.05. The van der Waals surface area contributed by atoms with Gasteiger partial charge >= 0.3 is 0 Å². The van der Waals surface area contributed by atoms with E-state index in [1.807, 2.05) is 6.92 Å². The SMILES string of the molecule is CC(CN)CNC(=O)Cn1ccccc1=O.Cl. The lowest BCUT2D eigenvalue weighted by molar-refractivity contribution is -0.121. The Kier molecular flexibility index (Phi) is 7.25. The van der Waals surface area contributed by atoms with Crippen molar-refractivity contribution in [3.8, 4) is 0 Å². The third-order valence-electron chi connectivity index (χ3n) is 2.26. The molecule has 6 heteroatoms. The maximum Gasteiger partial charge on any atom is 0.250 e. The van der Waals surface area contributed by atoms with Crippen LogP contribution in [-0.4, -0.2) is 23.6 Å². The van der Waals surface area contributed by atoms with Crippen molar-refractivity contribution in [2.45, 2.75) is 13.5 Å². The van der Waals surface area contributed by atoms with Crippen molar-refractivity contribution in [2.75, 3.05) is 13.1 Å². The van der Waals surface area contributed by atoms with E-state index in [-0.39, 0.29) is 36.3 Å². The summed E-state index contributed by atoms with van der Waals surface area (Å²) >= 11 is 0. The van der Waals surface area contributed by atoms with Crippen LogP contribution < -0.4 is 16.6 Å². The second-order valence-electron chi connectivity index (χ2n) is 3.81. The van der Waals surface area contributed by atoms with Crippen LogP contribution in [0.1, 0.15) is 6.92 Å². The average molecular weight is 260 g/mol. The van der Waals surface area contributed by atoms with Crippen LogP contribution >= 0.6 is 12.4 Å². The molecule has 0 aliphatic heterocycles. The Hall–Kier alpha value is -1.33. The standard InChI is InChI=1S/C11H17N3O2.ClH/c1-9(6-12)7-13-10(15)8-14-5-3-2-4-11(14)16;/h2-5,9H,6-8,12H2,1H3,(H,13,15);1H. The van der Waals surface area contributed by atoms with Crippen LogP contribution in [0.3, 0.4) is 0 Å². The van der Waals surface area contributed by atoms with E-state index in [2.05, 4.69) is 5.32 Å². The van der Waals surface area contributed by atoms with Crippen LogP contribution in [-0.2, 0) is 11.3 Å². The summed E-state index contributed by atoms with van der Waals surface area (Å²) in [6, 6.07) is 4.79. The van der Waals surface area contributed by atoms with Crippen LogP contribution in [0.2, 0.25) is 0 Å². The predicted octanol–water partition coefficient (Wildman–Crippen LogP) is -0.0189. The summed E-state index contributed by atoms with van der Waals surface area (Å²) in [4.78, 5) is 22.8. The van der Waals surface area contributed by atoms with E-state index in [4.69, 9.17) is 5.73 Å². The smallest absolute Gasteiger partial charge is 0.250 e. The summed E-state index contributed by atoms with van der Waals surface area (Å²) in [5.41, 5.74) is 5.25. The molecule has 1 heterocycles. The maximum absolute atomic E-state index is 11.5. The highest BCUT2D eigenvalue weighted by atomic mass is 35.5. The molecule has 0 aromatic carbocycles. The first-order valence-electron chi connectivity index (χ1n) is 5.25. The third-order valence-corrected chi connectivity index (χ3v) is 2.26. The fourth-order valence-electron chi connectivity index (χ4n) is 1.17. The fraction of sp³-hybridized carbons (Fsp3) is 0.455. The highest BCUT2D eigenvalue weighted by molar-refractivity contribution is 5.85. The van der Waals surface area contributed by atoms with Crippen molar-refractivity contribution in [1.82, 2.24) is 9.88 Å². The number of halogens is 1. The zero-order chi connectivity index (χ0) is 12.0. The lowest BCUT2D eigenvalue weighted by Gasteiger charge is -2.10. The molecule has 1 unspecified atom stereocenters. The number of carbonyl (C=O) groups excluding carboxylic acids is 1. The van der Waals surface area contributed by atoms with Gasteiger partial charge in [-0.25, -0.2) is 0 Å². The van der Waals surface area contributed by atoms with Gasteiger partial charge in [0.2, 0.25) is 5.91 Å². The zero-order valence-electron chi connectivity index (χ0n) is 9.76. The molecule has 3 N–H and O–H groups in total. The molecule has 0 aliphatic carbocycles. The van der Waals surface area contributed by atoms with Gasteiger partial charge in [-0.2, -0.15) is 0 Å². The van der Waals surface area contributed by atoms with E-state index in [0.29, 0.717) is 13.1 Å². The molecule has 0 aliphatic rings. The number of carbonyl (C=O) groups is 1. The molecule has 17 heavy (non-hydrogen) atoms. The monoisotopic (exact) mass is 259 g/mol. The van der Waals surface area contributed by atoms with E-state index in [1.165, 1.54) is 10.6 Å². The van der Waals surface area contributed by atoms with Gasteiger partial charge in [-0.1, -0.05) is 13.0 Å². The topological polar surface area (TPSA) is 77.1 Å². The van der Waals surface area contributed by atoms with Gasteiger partial charge in [0.15, 0.2) is 0 Å². The summed E-state index contributed by atoms with van der Waals surface area (Å²) in [5, 5.41) is 2.73. The Morgan fingerprint density at radius 2 is 2.24 bits per heavy atom. The Balaban J connectivity index is 0.00000256. The highest BCUT2D eigenvalue weighted by Crippen LogP contribution is 1.88. The molecule has 1 amide bonds. The van der Waals surface area contributed by atoms with Gasteiger partial charge < -0.3 is 15.6 Å².